The van der Waals surface area contributed by atoms with Crippen LogP contribution in [0.25, 0.3) is 0 Å². The standard InChI is InChI=1S/C13H15BrClNO4S/c1-8(20-12-3-2-9(14)6-11(12)15)13(17)16-10-4-5-21(18,19)7-10/h2-3,6,8,10H,4-5,7H2,1H3,(H,16,17). The summed E-state index contributed by atoms with van der Waals surface area (Å²) in [5.74, 6) is 0.161. The van der Waals surface area contributed by atoms with E-state index in [2.05, 4.69) is 21.2 Å². The van der Waals surface area contributed by atoms with Crippen LogP contribution in [0.15, 0.2) is 22.7 Å². The molecule has 1 fully saturated rings. The highest BCUT2D eigenvalue weighted by molar-refractivity contribution is 9.10. The highest BCUT2D eigenvalue weighted by Gasteiger charge is 2.30. The summed E-state index contributed by atoms with van der Waals surface area (Å²) in [6.45, 7) is 1.59. The van der Waals surface area contributed by atoms with Crippen LogP contribution >= 0.6 is 27.5 Å². The van der Waals surface area contributed by atoms with Gasteiger partial charge >= 0.3 is 0 Å². The molecular weight excluding hydrogens is 382 g/mol. The normalized spacial score (nSPS) is 21.8. The average Bonchev–Trinajstić information content (AvgIpc) is 2.72. The zero-order chi connectivity index (χ0) is 15.6. The smallest absolute Gasteiger partial charge is 0.261 e. The minimum absolute atomic E-state index is 0.00942. The molecule has 0 spiro atoms. The van der Waals surface area contributed by atoms with Crippen molar-refractivity contribution in [3.8, 4) is 5.75 Å². The lowest BCUT2D eigenvalue weighted by atomic mass is 10.2. The maximum atomic E-state index is 12.0. The second-order valence-corrected chi connectivity index (χ2v) is 8.49. The maximum Gasteiger partial charge on any atom is 0.261 e. The number of hydrogen-bond acceptors (Lipinski definition) is 4. The minimum Gasteiger partial charge on any atom is -0.479 e. The molecule has 1 aliphatic rings. The van der Waals surface area contributed by atoms with E-state index < -0.39 is 15.9 Å². The summed E-state index contributed by atoms with van der Waals surface area (Å²) in [6, 6.07) is 4.75. The number of rotatable bonds is 4. The fourth-order valence-electron chi connectivity index (χ4n) is 2.04. The van der Waals surface area contributed by atoms with Gasteiger partial charge in [0.05, 0.1) is 16.5 Å². The largest absolute Gasteiger partial charge is 0.479 e. The number of sulfone groups is 1. The van der Waals surface area contributed by atoms with Crippen LogP contribution in [0.2, 0.25) is 5.02 Å². The van der Waals surface area contributed by atoms with Crippen LogP contribution in [-0.2, 0) is 14.6 Å². The fraction of sp³-hybridized carbons (Fsp3) is 0.462. The molecular formula is C13H15BrClNO4S. The molecule has 1 amide bonds. The molecule has 1 N–H and O–H groups in total. The lowest BCUT2D eigenvalue weighted by Gasteiger charge is -2.18. The Hall–Kier alpha value is -0.790. The quantitative estimate of drug-likeness (QED) is 0.846. The van der Waals surface area contributed by atoms with Gasteiger partial charge in [0.25, 0.3) is 5.91 Å². The lowest BCUT2D eigenvalue weighted by Crippen LogP contribution is -2.43. The average molecular weight is 397 g/mol. The summed E-state index contributed by atoms with van der Waals surface area (Å²) in [4.78, 5) is 12.0. The highest BCUT2D eigenvalue weighted by atomic mass is 79.9. The van der Waals surface area contributed by atoms with Crippen LogP contribution in [0.5, 0.6) is 5.75 Å². The first-order valence-electron chi connectivity index (χ1n) is 6.39. The van der Waals surface area contributed by atoms with Crippen molar-refractivity contribution in [3.05, 3.63) is 27.7 Å². The van der Waals surface area contributed by atoms with Gasteiger partial charge in [-0.25, -0.2) is 8.42 Å². The van der Waals surface area contributed by atoms with E-state index in [1.165, 1.54) is 0 Å². The summed E-state index contributed by atoms with van der Waals surface area (Å²) < 4.78 is 29.0. The minimum atomic E-state index is -3.02. The van der Waals surface area contributed by atoms with Crippen molar-refractivity contribution >= 4 is 43.3 Å². The molecule has 21 heavy (non-hydrogen) atoms. The van der Waals surface area contributed by atoms with E-state index in [-0.39, 0.29) is 23.5 Å². The second kappa shape index (κ2) is 6.54. The molecule has 1 aliphatic heterocycles. The molecule has 0 radical (unpaired) electrons. The van der Waals surface area contributed by atoms with Gasteiger partial charge in [0, 0.05) is 10.5 Å². The van der Waals surface area contributed by atoms with Crippen LogP contribution in [-0.4, -0.2) is 38.0 Å². The second-order valence-electron chi connectivity index (χ2n) is 4.94. The Bertz CT molecular complexity index is 650. The van der Waals surface area contributed by atoms with Crippen LogP contribution in [0.1, 0.15) is 13.3 Å². The van der Waals surface area contributed by atoms with Gasteiger partial charge in [-0.05, 0) is 31.5 Å². The molecule has 2 rings (SSSR count). The molecule has 2 unspecified atom stereocenters. The zero-order valence-electron chi connectivity index (χ0n) is 11.3. The number of carbonyl (C=O) groups excluding carboxylic acids is 1. The molecule has 1 aromatic carbocycles. The summed E-state index contributed by atoms with van der Waals surface area (Å²) in [7, 11) is -3.02. The van der Waals surface area contributed by atoms with E-state index in [0.717, 1.165) is 4.47 Å². The van der Waals surface area contributed by atoms with Gasteiger partial charge in [0.1, 0.15) is 5.75 Å². The Labute approximate surface area is 137 Å². The van der Waals surface area contributed by atoms with E-state index in [1.54, 1.807) is 25.1 Å². The summed E-state index contributed by atoms with van der Waals surface area (Å²) >= 11 is 9.30. The first-order valence-corrected chi connectivity index (χ1v) is 9.38. The summed E-state index contributed by atoms with van der Waals surface area (Å²) in [5.41, 5.74) is 0. The van der Waals surface area contributed by atoms with Crippen molar-refractivity contribution in [1.29, 1.82) is 0 Å². The van der Waals surface area contributed by atoms with E-state index in [9.17, 15) is 13.2 Å². The van der Waals surface area contributed by atoms with Gasteiger partial charge in [0.2, 0.25) is 0 Å². The van der Waals surface area contributed by atoms with Gasteiger partial charge in [-0.2, -0.15) is 0 Å². The van der Waals surface area contributed by atoms with Crippen LogP contribution in [0, 0.1) is 0 Å². The Kier molecular flexibility index (Phi) is 5.16. The van der Waals surface area contributed by atoms with Crippen molar-refractivity contribution in [2.75, 3.05) is 11.5 Å². The predicted octanol–water partition coefficient (Wildman–Crippen LogP) is 2.17. The SMILES string of the molecule is CC(Oc1ccc(Br)cc1Cl)C(=O)NC1CCS(=O)(=O)C1. The third kappa shape index (κ3) is 4.59. The molecule has 0 saturated carbocycles. The number of carbonyl (C=O) groups is 1. The highest BCUT2D eigenvalue weighted by Crippen LogP contribution is 2.28. The van der Waals surface area contributed by atoms with Crippen molar-refractivity contribution in [2.24, 2.45) is 0 Å². The molecule has 0 aliphatic carbocycles. The Morgan fingerprint density at radius 3 is 2.81 bits per heavy atom. The van der Waals surface area contributed by atoms with E-state index in [0.29, 0.717) is 17.2 Å². The lowest BCUT2D eigenvalue weighted by molar-refractivity contribution is -0.127. The van der Waals surface area contributed by atoms with Gasteiger partial charge in [0.15, 0.2) is 15.9 Å². The van der Waals surface area contributed by atoms with Crippen molar-refractivity contribution < 1.29 is 17.9 Å². The molecule has 2 atom stereocenters. The first kappa shape index (κ1) is 16.6. The molecule has 0 aromatic heterocycles. The Balaban J connectivity index is 1.94. The molecule has 5 nitrogen and oxygen atoms in total. The fourth-order valence-corrected chi connectivity index (χ4v) is 4.43. The van der Waals surface area contributed by atoms with Crippen LogP contribution < -0.4 is 10.1 Å². The summed E-state index contributed by atoms with van der Waals surface area (Å²) in [5, 5.41) is 3.09. The third-order valence-corrected chi connectivity index (χ3v) is 5.70. The van der Waals surface area contributed by atoms with Gasteiger partial charge in [-0.3, -0.25) is 4.79 Å². The summed E-state index contributed by atoms with van der Waals surface area (Å²) in [6.07, 6.45) is -0.313. The van der Waals surface area contributed by atoms with Crippen LogP contribution in [0.4, 0.5) is 0 Å². The number of ether oxygens (including phenoxy) is 1. The monoisotopic (exact) mass is 395 g/mol. The first-order chi connectivity index (χ1) is 9.77. The topological polar surface area (TPSA) is 72.5 Å². The number of nitrogens with one attached hydrogen (secondary N) is 1. The van der Waals surface area contributed by atoms with Crippen molar-refractivity contribution in [2.45, 2.75) is 25.5 Å². The number of amides is 1. The number of halogens is 2. The zero-order valence-corrected chi connectivity index (χ0v) is 14.5. The molecule has 1 saturated heterocycles. The van der Waals surface area contributed by atoms with Gasteiger partial charge in [-0.1, -0.05) is 27.5 Å². The molecule has 1 aromatic rings. The maximum absolute atomic E-state index is 12.0. The van der Waals surface area contributed by atoms with Crippen molar-refractivity contribution in [3.63, 3.8) is 0 Å². The third-order valence-electron chi connectivity index (χ3n) is 3.15. The van der Waals surface area contributed by atoms with Gasteiger partial charge in [-0.15, -0.1) is 0 Å². The number of benzene rings is 1. The molecule has 0 bridgehead atoms. The predicted molar refractivity (Wildman–Crippen MR) is 84.4 cm³/mol. The Morgan fingerprint density at radius 2 is 2.24 bits per heavy atom. The van der Waals surface area contributed by atoms with Gasteiger partial charge < -0.3 is 10.1 Å². The Morgan fingerprint density at radius 1 is 1.52 bits per heavy atom. The molecule has 1 heterocycles. The number of hydrogen-bond donors (Lipinski definition) is 1. The van der Waals surface area contributed by atoms with E-state index in [1.807, 2.05) is 0 Å². The van der Waals surface area contributed by atoms with E-state index >= 15 is 0 Å². The molecule has 8 heteroatoms. The van der Waals surface area contributed by atoms with Crippen LogP contribution in [0.3, 0.4) is 0 Å². The van der Waals surface area contributed by atoms with Crippen molar-refractivity contribution in [1.82, 2.24) is 5.32 Å². The van der Waals surface area contributed by atoms with E-state index in [4.69, 9.17) is 16.3 Å². The molecule has 116 valence electrons.